The van der Waals surface area contributed by atoms with Crippen LogP contribution in [-0.2, 0) is 23.1 Å². The minimum Gasteiger partial charge on any atom is -0.465 e. The summed E-state index contributed by atoms with van der Waals surface area (Å²) in [6, 6.07) is 21.2. The molecule has 246 valence electrons. The second kappa shape index (κ2) is 11.2. The van der Waals surface area contributed by atoms with E-state index in [1.165, 1.54) is 21.6 Å². The first kappa shape index (κ1) is 30.2. The van der Waals surface area contributed by atoms with Crippen LogP contribution in [0.1, 0.15) is 81.8 Å². The maximum atomic E-state index is 12.7. The van der Waals surface area contributed by atoms with Crippen molar-refractivity contribution in [1.29, 1.82) is 0 Å². The summed E-state index contributed by atoms with van der Waals surface area (Å²) in [4.78, 5) is 42.5. The summed E-state index contributed by atoms with van der Waals surface area (Å²) >= 11 is 0. The van der Waals surface area contributed by atoms with Crippen molar-refractivity contribution in [3.8, 4) is 33.5 Å². The van der Waals surface area contributed by atoms with Gasteiger partial charge in [-0.25, -0.2) is 19.6 Å². The number of nitrogens with one attached hydrogen (secondary N) is 3. The monoisotopic (exact) mass is 644 g/mol. The number of nitrogens with zero attached hydrogens (tertiary/aromatic N) is 3. The molecule has 3 aliphatic rings. The molecule has 1 saturated heterocycles. The summed E-state index contributed by atoms with van der Waals surface area (Å²) in [6.07, 6.45) is 4.77. The number of benzene rings is 3. The van der Waals surface area contributed by atoms with Gasteiger partial charge in [0.05, 0.1) is 28.5 Å². The van der Waals surface area contributed by atoms with Gasteiger partial charge in [-0.1, -0.05) is 48.5 Å². The fourth-order valence-corrected chi connectivity index (χ4v) is 7.47. The van der Waals surface area contributed by atoms with E-state index in [0.717, 1.165) is 89.9 Å². The smallest absolute Gasteiger partial charge is 0.408 e. The predicted octanol–water partition coefficient (Wildman–Crippen LogP) is 8.10. The number of aryl methyl sites for hydroxylation is 2. The molecule has 2 aromatic heterocycles. The molecule has 2 amide bonds. The maximum absolute atomic E-state index is 12.7. The van der Waals surface area contributed by atoms with Gasteiger partial charge in [0.1, 0.15) is 22.8 Å². The Balaban J connectivity index is 1.01. The minimum absolute atomic E-state index is 0.225. The number of alkyl carbamates (subject to hydrolysis) is 1. The molecule has 1 aliphatic heterocycles. The van der Waals surface area contributed by atoms with E-state index in [0.29, 0.717) is 12.4 Å². The first-order valence-corrected chi connectivity index (χ1v) is 16.9. The number of amides is 2. The number of hydrogen-bond donors (Lipinski definition) is 4. The van der Waals surface area contributed by atoms with Crippen LogP contribution in [0.2, 0.25) is 0 Å². The first-order chi connectivity index (χ1) is 23.0. The number of fused-ring (bicyclic) bond motifs is 4. The lowest BCUT2D eigenvalue weighted by molar-refractivity contribution is 0.0366. The lowest BCUT2D eigenvalue weighted by atomic mass is 9.76. The van der Waals surface area contributed by atoms with Crippen LogP contribution in [0.25, 0.3) is 44.5 Å². The number of carbonyl (C=O) groups excluding carboxylic acids is 1. The maximum Gasteiger partial charge on any atom is 0.408 e. The van der Waals surface area contributed by atoms with E-state index in [4.69, 9.17) is 14.7 Å². The molecule has 4 N–H and O–H groups in total. The van der Waals surface area contributed by atoms with Gasteiger partial charge in [0, 0.05) is 12.1 Å². The van der Waals surface area contributed by atoms with Crippen LogP contribution >= 0.6 is 0 Å². The molecule has 0 bridgehead atoms. The Labute approximate surface area is 279 Å². The largest absolute Gasteiger partial charge is 0.465 e. The van der Waals surface area contributed by atoms with Crippen LogP contribution in [0.3, 0.4) is 0 Å². The Bertz CT molecular complexity index is 2050. The quantitative estimate of drug-likeness (QED) is 0.153. The highest BCUT2D eigenvalue weighted by Gasteiger charge is 2.44. The van der Waals surface area contributed by atoms with E-state index in [1.54, 1.807) is 0 Å². The van der Waals surface area contributed by atoms with Gasteiger partial charge < -0.3 is 25.1 Å². The summed E-state index contributed by atoms with van der Waals surface area (Å²) in [5.74, 6) is 1.53. The lowest BCUT2D eigenvalue weighted by Crippen LogP contribution is -2.52. The molecule has 3 heterocycles. The first-order valence-electron chi connectivity index (χ1n) is 16.9. The van der Waals surface area contributed by atoms with Crippen molar-refractivity contribution in [3.05, 3.63) is 83.6 Å². The van der Waals surface area contributed by atoms with E-state index in [-0.39, 0.29) is 6.04 Å². The molecule has 48 heavy (non-hydrogen) atoms. The Hall–Kier alpha value is -5.12. The van der Waals surface area contributed by atoms with Gasteiger partial charge in [0.2, 0.25) is 0 Å². The molecule has 0 radical (unpaired) electrons. The van der Waals surface area contributed by atoms with Gasteiger partial charge in [-0.05, 0) is 106 Å². The van der Waals surface area contributed by atoms with Gasteiger partial charge >= 0.3 is 12.2 Å². The highest BCUT2D eigenvalue weighted by Crippen LogP contribution is 2.43. The summed E-state index contributed by atoms with van der Waals surface area (Å²) in [6.45, 7) is 6.16. The standard InChI is InChI=1S/C38H40N6O4/c1-37(2,3)48-35(45)43-38(17-5-18-38)34-41-29-16-13-26-20-24(11-14-27(26)32(29)42-34)22-7-9-23(10-8-22)25-12-15-28-30(21-25)40-33(39-28)31-6-4-19-44(31)36(46)47/h7-12,14-15,20-21,31H,4-6,13,16-19H2,1-3H3,(H,39,40)(H,41,42)(H,43,45)(H,46,47). The zero-order valence-corrected chi connectivity index (χ0v) is 27.5. The number of carbonyl (C=O) groups is 2. The van der Waals surface area contributed by atoms with E-state index in [2.05, 4.69) is 69.9 Å². The SMILES string of the molecule is CC(C)(C)OC(=O)NC1(c2nc3c([nH]2)-c2ccc(-c4ccc(-c5ccc6nc(C7CCCN7C(=O)O)[nH]c6c5)cc4)cc2CC3)CCC1. The fraction of sp³-hybridized carbons (Fsp3) is 0.368. The van der Waals surface area contributed by atoms with Crippen LogP contribution in [0, 0.1) is 0 Å². The van der Waals surface area contributed by atoms with Gasteiger partial charge in [0.25, 0.3) is 0 Å². The third kappa shape index (κ3) is 5.38. The summed E-state index contributed by atoms with van der Waals surface area (Å²) in [5.41, 5.74) is 9.71. The van der Waals surface area contributed by atoms with Crippen LogP contribution in [0.4, 0.5) is 9.59 Å². The van der Waals surface area contributed by atoms with Gasteiger partial charge in [-0.2, -0.15) is 0 Å². The molecule has 1 unspecified atom stereocenters. The van der Waals surface area contributed by atoms with Gasteiger partial charge in [-0.3, -0.25) is 4.90 Å². The molecule has 3 aromatic carbocycles. The number of rotatable bonds is 5. The van der Waals surface area contributed by atoms with Crippen LogP contribution in [-0.4, -0.2) is 54.3 Å². The molecule has 1 saturated carbocycles. The van der Waals surface area contributed by atoms with Crippen molar-refractivity contribution >= 4 is 23.2 Å². The molecular weight excluding hydrogens is 604 g/mol. The highest BCUT2D eigenvalue weighted by molar-refractivity contribution is 5.83. The number of hydrogen-bond acceptors (Lipinski definition) is 5. The van der Waals surface area contributed by atoms with Crippen molar-refractivity contribution in [2.24, 2.45) is 0 Å². The number of likely N-dealkylation sites (tertiary alicyclic amines) is 1. The zero-order valence-electron chi connectivity index (χ0n) is 27.5. The number of ether oxygens (including phenoxy) is 1. The number of aromatic nitrogens is 4. The van der Waals surface area contributed by atoms with E-state index < -0.39 is 23.3 Å². The molecule has 0 spiro atoms. The molecule has 10 nitrogen and oxygen atoms in total. The molecule has 2 aliphatic carbocycles. The molecular formula is C38H40N6O4. The van der Waals surface area contributed by atoms with Crippen molar-refractivity contribution in [2.45, 2.75) is 82.9 Å². The summed E-state index contributed by atoms with van der Waals surface area (Å²) in [5, 5.41) is 12.7. The second-order valence-electron chi connectivity index (χ2n) is 14.4. The highest BCUT2D eigenvalue weighted by atomic mass is 16.6. The van der Waals surface area contributed by atoms with Crippen LogP contribution in [0.15, 0.2) is 60.7 Å². The molecule has 2 fully saturated rings. The van der Waals surface area contributed by atoms with Crippen molar-refractivity contribution in [1.82, 2.24) is 30.2 Å². The topological polar surface area (TPSA) is 136 Å². The van der Waals surface area contributed by atoms with Crippen molar-refractivity contribution < 1.29 is 19.4 Å². The Kier molecular flexibility index (Phi) is 7.08. The van der Waals surface area contributed by atoms with Crippen LogP contribution in [0.5, 0.6) is 0 Å². The summed E-state index contributed by atoms with van der Waals surface area (Å²) < 4.78 is 5.57. The number of imidazole rings is 2. The average Bonchev–Trinajstić information content (AvgIpc) is 3.79. The van der Waals surface area contributed by atoms with E-state index >= 15 is 0 Å². The minimum atomic E-state index is -0.899. The normalized spacial score (nSPS) is 18.2. The average molecular weight is 645 g/mol. The van der Waals surface area contributed by atoms with E-state index in [1.807, 2.05) is 26.8 Å². The second-order valence-corrected chi connectivity index (χ2v) is 14.4. The number of carboxylic acid groups (broad SMARTS) is 1. The van der Waals surface area contributed by atoms with Crippen molar-refractivity contribution in [2.75, 3.05) is 6.54 Å². The molecule has 10 heteroatoms. The van der Waals surface area contributed by atoms with E-state index in [9.17, 15) is 14.7 Å². The van der Waals surface area contributed by atoms with Crippen molar-refractivity contribution in [3.63, 3.8) is 0 Å². The van der Waals surface area contributed by atoms with Gasteiger partial charge in [-0.15, -0.1) is 0 Å². The predicted molar refractivity (Wildman–Crippen MR) is 184 cm³/mol. The summed E-state index contributed by atoms with van der Waals surface area (Å²) in [7, 11) is 0. The van der Waals surface area contributed by atoms with Gasteiger partial charge in [0.15, 0.2) is 0 Å². The zero-order chi connectivity index (χ0) is 33.2. The molecule has 5 aromatic rings. The molecule has 8 rings (SSSR count). The Morgan fingerprint density at radius 1 is 0.917 bits per heavy atom. The Morgan fingerprint density at radius 3 is 2.31 bits per heavy atom. The van der Waals surface area contributed by atoms with Crippen LogP contribution < -0.4 is 5.32 Å². The Morgan fingerprint density at radius 2 is 1.62 bits per heavy atom. The third-order valence-corrected chi connectivity index (χ3v) is 10.1. The fourth-order valence-electron chi connectivity index (χ4n) is 7.47. The third-order valence-electron chi connectivity index (χ3n) is 10.1. The lowest BCUT2D eigenvalue weighted by Gasteiger charge is -2.40. The number of H-pyrrole nitrogens is 2. The molecule has 1 atom stereocenters. The number of aromatic amines is 2.